The number of nitro groups is 1. The van der Waals surface area contributed by atoms with Crippen LogP contribution in [0.5, 0.6) is 5.75 Å². The van der Waals surface area contributed by atoms with Crippen molar-refractivity contribution in [1.29, 1.82) is 0 Å². The summed E-state index contributed by atoms with van der Waals surface area (Å²) < 4.78 is 5.38. The Balaban J connectivity index is 2.47. The van der Waals surface area contributed by atoms with E-state index in [0.717, 1.165) is 6.29 Å². The van der Waals surface area contributed by atoms with E-state index in [9.17, 15) is 14.9 Å². The Morgan fingerprint density at radius 2 is 2.22 bits per heavy atom. The van der Waals surface area contributed by atoms with Crippen LogP contribution in [0.1, 0.15) is 6.42 Å². The maximum Gasteiger partial charge on any atom is 0.279 e. The van der Waals surface area contributed by atoms with Crippen molar-refractivity contribution in [3.8, 4) is 5.75 Å². The first-order valence-electron chi connectivity index (χ1n) is 5.32. The number of carbonyl (C=O) groups is 1. The normalized spacial score (nSPS) is 10.2. The highest BCUT2D eigenvalue weighted by molar-refractivity contribution is 5.92. The number of carbonyl (C=O) groups excluding carboxylic acids is 1. The van der Waals surface area contributed by atoms with E-state index in [0.29, 0.717) is 16.7 Å². The number of fused-ring (bicyclic) bond motifs is 1. The van der Waals surface area contributed by atoms with E-state index in [1.54, 1.807) is 18.3 Å². The van der Waals surface area contributed by atoms with E-state index in [-0.39, 0.29) is 18.7 Å². The van der Waals surface area contributed by atoms with Crippen LogP contribution in [-0.2, 0) is 4.79 Å². The maximum atomic E-state index is 10.9. The molecule has 0 amide bonds. The van der Waals surface area contributed by atoms with Gasteiger partial charge in [-0.1, -0.05) is 0 Å². The molecular formula is C12H10N2O4. The molecule has 6 nitrogen and oxygen atoms in total. The van der Waals surface area contributed by atoms with E-state index in [1.165, 1.54) is 12.1 Å². The number of benzene rings is 1. The topological polar surface area (TPSA) is 82.3 Å². The van der Waals surface area contributed by atoms with Crippen molar-refractivity contribution in [3.05, 3.63) is 40.6 Å². The van der Waals surface area contributed by atoms with Crippen molar-refractivity contribution in [1.82, 2.24) is 4.98 Å². The molecule has 0 N–H and O–H groups in total. The van der Waals surface area contributed by atoms with Gasteiger partial charge in [0.15, 0.2) is 0 Å². The number of hydrogen-bond acceptors (Lipinski definition) is 5. The molecule has 6 heteroatoms. The van der Waals surface area contributed by atoms with E-state index < -0.39 is 4.92 Å². The Morgan fingerprint density at radius 3 is 2.94 bits per heavy atom. The minimum atomic E-state index is -0.459. The number of nitrogens with zero attached hydrogens (tertiary/aromatic N) is 2. The van der Waals surface area contributed by atoms with Gasteiger partial charge in [0.1, 0.15) is 17.6 Å². The van der Waals surface area contributed by atoms with Crippen molar-refractivity contribution >= 4 is 22.9 Å². The molecule has 0 spiro atoms. The smallest absolute Gasteiger partial charge is 0.279 e. The van der Waals surface area contributed by atoms with Crippen molar-refractivity contribution in [2.75, 3.05) is 6.61 Å². The molecule has 0 bridgehead atoms. The van der Waals surface area contributed by atoms with Crippen LogP contribution in [0.15, 0.2) is 30.5 Å². The second-order valence-corrected chi connectivity index (χ2v) is 3.54. The summed E-state index contributed by atoms with van der Waals surface area (Å²) in [6, 6.07) is 6.12. The van der Waals surface area contributed by atoms with Gasteiger partial charge in [-0.15, -0.1) is 0 Å². The molecule has 0 fully saturated rings. The lowest BCUT2D eigenvalue weighted by atomic mass is 10.1. The minimum absolute atomic E-state index is 0.0131. The summed E-state index contributed by atoms with van der Waals surface area (Å²) in [5, 5.41) is 11.3. The number of ether oxygens (including phenoxy) is 1. The third-order valence-corrected chi connectivity index (χ3v) is 2.40. The molecular weight excluding hydrogens is 236 g/mol. The van der Waals surface area contributed by atoms with Gasteiger partial charge >= 0.3 is 0 Å². The quantitative estimate of drug-likeness (QED) is 0.349. The van der Waals surface area contributed by atoms with Crippen LogP contribution in [0.2, 0.25) is 0 Å². The zero-order chi connectivity index (χ0) is 13.0. The van der Waals surface area contributed by atoms with Gasteiger partial charge in [0.25, 0.3) is 5.69 Å². The number of rotatable bonds is 5. The monoisotopic (exact) mass is 246 g/mol. The van der Waals surface area contributed by atoms with Crippen LogP contribution < -0.4 is 4.74 Å². The van der Waals surface area contributed by atoms with E-state index in [1.807, 2.05) is 0 Å². The van der Waals surface area contributed by atoms with E-state index >= 15 is 0 Å². The fraction of sp³-hybridized carbons (Fsp3) is 0.167. The molecule has 0 saturated heterocycles. The molecule has 1 aromatic carbocycles. The third-order valence-electron chi connectivity index (χ3n) is 2.40. The van der Waals surface area contributed by atoms with E-state index in [2.05, 4.69) is 4.98 Å². The predicted octanol–water partition coefficient (Wildman–Crippen LogP) is 2.11. The second-order valence-electron chi connectivity index (χ2n) is 3.54. The molecule has 0 aliphatic carbocycles. The van der Waals surface area contributed by atoms with Crippen LogP contribution in [0, 0.1) is 10.1 Å². The van der Waals surface area contributed by atoms with Crippen LogP contribution >= 0.6 is 0 Å². The first-order chi connectivity index (χ1) is 8.74. The SMILES string of the molecule is O=CCCOc1ccc([N+](=O)[O-])c2cccnc12. The number of nitro benzene ring substituents is 1. The number of non-ortho nitro benzene ring substituents is 1. The van der Waals surface area contributed by atoms with Gasteiger partial charge in [-0.25, -0.2) is 0 Å². The summed E-state index contributed by atoms with van der Waals surface area (Å²) in [6.07, 6.45) is 2.56. The van der Waals surface area contributed by atoms with Gasteiger partial charge in [0.2, 0.25) is 0 Å². The summed E-state index contributed by atoms with van der Waals surface area (Å²) in [7, 11) is 0. The van der Waals surface area contributed by atoms with Crippen LogP contribution in [0.25, 0.3) is 10.9 Å². The molecule has 0 aliphatic heterocycles. The molecule has 2 rings (SSSR count). The molecule has 92 valence electrons. The first-order valence-corrected chi connectivity index (χ1v) is 5.32. The second kappa shape index (κ2) is 5.22. The van der Waals surface area contributed by atoms with E-state index in [4.69, 9.17) is 4.74 Å². The van der Waals surface area contributed by atoms with Crippen LogP contribution in [-0.4, -0.2) is 22.8 Å². The Hall–Kier alpha value is -2.50. The largest absolute Gasteiger partial charge is 0.491 e. The van der Waals surface area contributed by atoms with Crippen molar-refractivity contribution < 1.29 is 14.5 Å². The highest BCUT2D eigenvalue weighted by Gasteiger charge is 2.15. The van der Waals surface area contributed by atoms with Gasteiger partial charge in [-0.3, -0.25) is 15.1 Å². The minimum Gasteiger partial charge on any atom is -0.491 e. The van der Waals surface area contributed by atoms with Gasteiger partial charge < -0.3 is 9.53 Å². The summed E-state index contributed by atoms with van der Waals surface area (Å²) in [5.74, 6) is 0.443. The fourth-order valence-electron chi connectivity index (χ4n) is 1.62. The third kappa shape index (κ3) is 2.27. The number of aldehydes is 1. The lowest BCUT2D eigenvalue weighted by molar-refractivity contribution is -0.383. The highest BCUT2D eigenvalue weighted by atomic mass is 16.6. The maximum absolute atomic E-state index is 10.9. The molecule has 1 aromatic heterocycles. The highest BCUT2D eigenvalue weighted by Crippen LogP contribution is 2.31. The molecule has 1 heterocycles. The van der Waals surface area contributed by atoms with Crippen molar-refractivity contribution in [2.24, 2.45) is 0 Å². The van der Waals surface area contributed by atoms with Gasteiger partial charge in [0, 0.05) is 18.7 Å². The lowest BCUT2D eigenvalue weighted by Gasteiger charge is -2.07. The molecule has 0 atom stereocenters. The summed E-state index contributed by atoms with van der Waals surface area (Å²) in [5.41, 5.74) is 0.415. The van der Waals surface area contributed by atoms with Gasteiger partial charge in [-0.2, -0.15) is 0 Å². The Kier molecular flexibility index (Phi) is 3.47. The molecule has 18 heavy (non-hydrogen) atoms. The summed E-state index contributed by atoms with van der Waals surface area (Å²) in [4.78, 5) is 24.7. The Morgan fingerprint density at radius 1 is 1.39 bits per heavy atom. The van der Waals surface area contributed by atoms with Crippen LogP contribution in [0.4, 0.5) is 5.69 Å². The molecule has 2 aromatic rings. The van der Waals surface area contributed by atoms with Crippen LogP contribution in [0.3, 0.4) is 0 Å². The summed E-state index contributed by atoms with van der Waals surface area (Å²) >= 11 is 0. The zero-order valence-corrected chi connectivity index (χ0v) is 9.41. The van der Waals surface area contributed by atoms with Crippen molar-refractivity contribution in [3.63, 3.8) is 0 Å². The Bertz CT molecular complexity index is 598. The molecule has 0 unspecified atom stereocenters. The van der Waals surface area contributed by atoms with Crippen molar-refractivity contribution in [2.45, 2.75) is 6.42 Å². The number of aromatic nitrogens is 1. The summed E-state index contributed by atoms with van der Waals surface area (Å²) in [6.45, 7) is 0.229. The molecule has 0 aliphatic rings. The average Bonchev–Trinajstić information content (AvgIpc) is 2.38. The Labute approximate surface area is 102 Å². The molecule has 0 radical (unpaired) electrons. The fourth-order valence-corrected chi connectivity index (χ4v) is 1.62. The first kappa shape index (κ1) is 12.0. The van der Waals surface area contributed by atoms with Gasteiger partial charge in [-0.05, 0) is 18.2 Å². The number of hydrogen-bond donors (Lipinski definition) is 0. The zero-order valence-electron chi connectivity index (χ0n) is 9.41. The average molecular weight is 246 g/mol. The predicted molar refractivity (Wildman–Crippen MR) is 64.6 cm³/mol. The lowest BCUT2D eigenvalue weighted by Crippen LogP contribution is -2.00. The molecule has 0 saturated carbocycles. The standard InChI is InChI=1S/C12H10N2O4/c15-7-2-8-18-11-5-4-10(14(16)17)9-3-1-6-13-12(9)11/h1,3-7H,2,8H2. The van der Waals surface area contributed by atoms with Gasteiger partial charge in [0.05, 0.1) is 16.9 Å². The number of pyridine rings is 1.